The number of carbonyl (C=O) groups excluding carboxylic acids is 1. The first-order chi connectivity index (χ1) is 11.8. The fourth-order valence-electron chi connectivity index (χ4n) is 3.20. The predicted octanol–water partition coefficient (Wildman–Crippen LogP) is 3.29. The van der Waals surface area contributed by atoms with Crippen LogP contribution in [0.1, 0.15) is 35.2 Å². The van der Waals surface area contributed by atoms with Gasteiger partial charge in [0.1, 0.15) is 0 Å². The maximum atomic E-state index is 12.3. The summed E-state index contributed by atoms with van der Waals surface area (Å²) in [6.07, 6.45) is 3.45. The number of hydrogen-bond donors (Lipinski definition) is 2. The molecule has 4 heteroatoms. The average molecular weight is 324 g/mol. The first kappa shape index (κ1) is 16.7. The van der Waals surface area contributed by atoms with E-state index in [2.05, 4.69) is 10.2 Å². The summed E-state index contributed by atoms with van der Waals surface area (Å²) in [5.41, 5.74) is 2.62. The fourth-order valence-corrected chi connectivity index (χ4v) is 3.20. The largest absolute Gasteiger partial charge is 0.395 e. The lowest BCUT2D eigenvalue weighted by molar-refractivity contribution is 0.0841. The molecule has 1 saturated heterocycles. The van der Waals surface area contributed by atoms with Gasteiger partial charge in [0.25, 0.3) is 5.91 Å². The molecule has 0 radical (unpaired) electrons. The minimum absolute atomic E-state index is 0.0982. The lowest BCUT2D eigenvalue weighted by atomic mass is 10.0. The Labute approximate surface area is 143 Å². The number of para-hydroxylation sites is 1. The van der Waals surface area contributed by atoms with Crippen LogP contribution in [0.2, 0.25) is 0 Å². The lowest BCUT2D eigenvalue weighted by Gasteiger charge is -2.34. The summed E-state index contributed by atoms with van der Waals surface area (Å²) in [6.45, 7) is 2.07. The number of aliphatic hydroxyl groups excluding tert-OH is 1. The van der Waals surface area contributed by atoms with Crippen LogP contribution in [0.25, 0.3) is 0 Å². The van der Waals surface area contributed by atoms with Crippen molar-refractivity contribution in [3.05, 3.63) is 65.7 Å². The number of hydrogen-bond acceptors (Lipinski definition) is 3. The third kappa shape index (κ3) is 4.22. The molecule has 0 bridgehead atoms. The number of benzene rings is 2. The average Bonchev–Trinajstić information content (AvgIpc) is 2.63. The van der Waals surface area contributed by atoms with Gasteiger partial charge >= 0.3 is 0 Å². The Morgan fingerprint density at radius 1 is 1.08 bits per heavy atom. The molecule has 0 spiro atoms. The highest BCUT2D eigenvalue weighted by Crippen LogP contribution is 2.19. The van der Waals surface area contributed by atoms with Gasteiger partial charge in [-0.2, -0.15) is 0 Å². The fraction of sp³-hybridized carbons (Fsp3) is 0.350. The molecule has 1 heterocycles. The van der Waals surface area contributed by atoms with E-state index in [1.807, 2.05) is 54.6 Å². The molecule has 24 heavy (non-hydrogen) atoms. The van der Waals surface area contributed by atoms with Crippen molar-refractivity contribution in [2.75, 3.05) is 18.5 Å². The Balaban J connectivity index is 1.61. The van der Waals surface area contributed by atoms with Crippen LogP contribution in [0.3, 0.4) is 0 Å². The van der Waals surface area contributed by atoms with Crippen LogP contribution >= 0.6 is 0 Å². The van der Waals surface area contributed by atoms with Crippen LogP contribution < -0.4 is 5.32 Å². The van der Waals surface area contributed by atoms with Crippen molar-refractivity contribution in [2.45, 2.75) is 31.8 Å². The monoisotopic (exact) mass is 324 g/mol. The summed E-state index contributed by atoms with van der Waals surface area (Å²) in [4.78, 5) is 14.6. The van der Waals surface area contributed by atoms with Gasteiger partial charge in [-0.05, 0) is 49.2 Å². The number of nitrogens with zero attached hydrogens (tertiary/aromatic N) is 1. The molecule has 3 rings (SSSR count). The van der Waals surface area contributed by atoms with Gasteiger partial charge in [-0.3, -0.25) is 9.69 Å². The Kier molecular flexibility index (Phi) is 5.62. The van der Waals surface area contributed by atoms with Gasteiger partial charge < -0.3 is 10.4 Å². The lowest BCUT2D eigenvalue weighted by Crippen LogP contribution is -2.41. The maximum absolute atomic E-state index is 12.3. The first-order valence-electron chi connectivity index (χ1n) is 8.56. The number of piperidine rings is 1. The van der Waals surface area contributed by atoms with E-state index in [1.165, 1.54) is 18.4 Å². The molecule has 0 aliphatic carbocycles. The summed E-state index contributed by atoms with van der Waals surface area (Å²) < 4.78 is 0. The Bertz CT molecular complexity index is 655. The standard InChI is InChI=1S/C20H24N2O2/c23-15-19-8-4-5-13-22(19)14-16-9-11-17(12-10-16)20(24)21-18-6-2-1-3-7-18/h1-3,6-7,9-12,19,23H,4-5,8,13-15H2,(H,21,24). The molecular weight excluding hydrogens is 300 g/mol. The highest BCUT2D eigenvalue weighted by atomic mass is 16.3. The van der Waals surface area contributed by atoms with Crippen molar-refractivity contribution in [1.82, 2.24) is 4.90 Å². The topological polar surface area (TPSA) is 52.6 Å². The number of carbonyl (C=O) groups is 1. The molecule has 0 saturated carbocycles. The number of anilines is 1. The number of amides is 1. The molecule has 1 fully saturated rings. The van der Waals surface area contributed by atoms with Gasteiger partial charge in [0.2, 0.25) is 0 Å². The third-order valence-electron chi connectivity index (χ3n) is 4.59. The molecule has 1 amide bonds. The molecule has 4 nitrogen and oxygen atoms in total. The van der Waals surface area contributed by atoms with Crippen LogP contribution in [-0.2, 0) is 6.54 Å². The van der Waals surface area contributed by atoms with E-state index in [9.17, 15) is 9.90 Å². The molecule has 2 aromatic rings. The van der Waals surface area contributed by atoms with E-state index in [1.54, 1.807) is 0 Å². The molecular formula is C20H24N2O2. The van der Waals surface area contributed by atoms with Crippen molar-refractivity contribution >= 4 is 11.6 Å². The zero-order valence-corrected chi connectivity index (χ0v) is 13.8. The third-order valence-corrected chi connectivity index (χ3v) is 4.59. The summed E-state index contributed by atoms with van der Waals surface area (Å²) >= 11 is 0. The van der Waals surface area contributed by atoms with Gasteiger partial charge in [0, 0.05) is 23.8 Å². The second kappa shape index (κ2) is 8.08. The molecule has 1 unspecified atom stereocenters. The highest BCUT2D eigenvalue weighted by Gasteiger charge is 2.21. The second-order valence-corrected chi connectivity index (χ2v) is 6.32. The van der Waals surface area contributed by atoms with Gasteiger partial charge in [-0.1, -0.05) is 36.8 Å². The smallest absolute Gasteiger partial charge is 0.255 e. The van der Waals surface area contributed by atoms with Crippen LogP contribution in [0.15, 0.2) is 54.6 Å². The van der Waals surface area contributed by atoms with Crippen LogP contribution in [-0.4, -0.2) is 35.1 Å². The second-order valence-electron chi connectivity index (χ2n) is 6.32. The summed E-state index contributed by atoms with van der Waals surface area (Å²) in [6, 6.07) is 17.5. The van der Waals surface area contributed by atoms with Gasteiger partial charge in [-0.25, -0.2) is 0 Å². The zero-order chi connectivity index (χ0) is 16.8. The minimum Gasteiger partial charge on any atom is -0.395 e. The first-order valence-corrected chi connectivity index (χ1v) is 8.56. The molecule has 1 aliphatic heterocycles. The number of rotatable bonds is 5. The van der Waals surface area contributed by atoms with E-state index in [4.69, 9.17) is 0 Å². The normalized spacial score (nSPS) is 18.3. The Hall–Kier alpha value is -2.17. The predicted molar refractivity (Wildman–Crippen MR) is 96.0 cm³/mol. The van der Waals surface area contributed by atoms with Gasteiger partial charge in [-0.15, -0.1) is 0 Å². The summed E-state index contributed by atoms with van der Waals surface area (Å²) in [5, 5.41) is 12.4. The van der Waals surface area contributed by atoms with Crippen molar-refractivity contribution in [2.24, 2.45) is 0 Å². The van der Waals surface area contributed by atoms with Crippen molar-refractivity contribution < 1.29 is 9.90 Å². The minimum atomic E-state index is -0.0982. The quantitative estimate of drug-likeness (QED) is 0.887. The van der Waals surface area contributed by atoms with Crippen molar-refractivity contribution in [3.8, 4) is 0 Å². The van der Waals surface area contributed by atoms with Crippen LogP contribution in [0.4, 0.5) is 5.69 Å². The molecule has 1 aliphatic rings. The SMILES string of the molecule is O=C(Nc1ccccc1)c1ccc(CN2CCCCC2CO)cc1. The molecule has 2 N–H and O–H groups in total. The highest BCUT2D eigenvalue weighted by molar-refractivity contribution is 6.04. The van der Waals surface area contributed by atoms with Crippen molar-refractivity contribution in [3.63, 3.8) is 0 Å². The number of likely N-dealkylation sites (tertiary alicyclic amines) is 1. The summed E-state index contributed by atoms with van der Waals surface area (Å²) in [5.74, 6) is -0.0982. The molecule has 126 valence electrons. The van der Waals surface area contributed by atoms with E-state index in [0.29, 0.717) is 5.56 Å². The molecule has 1 atom stereocenters. The van der Waals surface area contributed by atoms with Crippen LogP contribution in [0, 0.1) is 0 Å². The van der Waals surface area contributed by atoms with Crippen molar-refractivity contribution in [1.29, 1.82) is 0 Å². The van der Waals surface area contributed by atoms with Gasteiger partial charge in [0.15, 0.2) is 0 Å². The van der Waals surface area contributed by atoms with Gasteiger partial charge in [0.05, 0.1) is 6.61 Å². The van der Waals surface area contributed by atoms with Crippen LogP contribution in [0.5, 0.6) is 0 Å². The molecule has 2 aromatic carbocycles. The Morgan fingerprint density at radius 2 is 1.83 bits per heavy atom. The molecule has 0 aromatic heterocycles. The zero-order valence-electron chi connectivity index (χ0n) is 13.8. The van der Waals surface area contributed by atoms with E-state index < -0.39 is 0 Å². The Morgan fingerprint density at radius 3 is 2.54 bits per heavy atom. The van der Waals surface area contributed by atoms with E-state index in [-0.39, 0.29) is 18.6 Å². The van der Waals surface area contributed by atoms with E-state index in [0.717, 1.165) is 25.2 Å². The summed E-state index contributed by atoms with van der Waals surface area (Å²) in [7, 11) is 0. The number of nitrogens with one attached hydrogen (secondary N) is 1. The van der Waals surface area contributed by atoms with E-state index >= 15 is 0 Å². The maximum Gasteiger partial charge on any atom is 0.255 e. The number of aliphatic hydroxyl groups is 1.